The van der Waals surface area contributed by atoms with Gasteiger partial charge in [0.25, 0.3) is 0 Å². The van der Waals surface area contributed by atoms with E-state index >= 15 is 0 Å². The number of ether oxygens (including phenoxy) is 1. The van der Waals surface area contributed by atoms with E-state index < -0.39 is 0 Å². The summed E-state index contributed by atoms with van der Waals surface area (Å²) >= 11 is 11.2. The van der Waals surface area contributed by atoms with Crippen LogP contribution in [-0.4, -0.2) is 6.54 Å². The van der Waals surface area contributed by atoms with Gasteiger partial charge in [0.1, 0.15) is 11.9 Å². The first-order valence-corrected chi connectivity index (χ1v) is 7.47. The van der Waals surface area contributed by atoms with Gasteiger partial charge in [-0.15, -0.1) is 11.3 Å². The van der Waals surface area contributed by atoms with Crippen LogP contribution in [-0.2, 0) is 0 Å². The van der Waals surface area contributed by atoms with Gasteiger partial charge >= 0.3 is 0 Å². The first-order chi connectivity index (χ1) is 8.60. The number of thiophene rings is 1. The highest BCUT2D eigenvalue weighted by Crippen LogP contribution is 2.33. The van der Waals surface area contributed by atoms with Crippen molar-refractivity contribution < 1.29 is 4.74 Å². The van der Waals surface area contributed by atoms with Gasteiger partial charge in [-0.05, 0) is 52.7 Å². The van der Waals surface area contributed by atoms with E-state index in [0.29, 0.717) is 17.3 Å². The van der Waals surface area contributed by atoms with Crippen LogP contribution in [0.5, 0.6) is 5.75 Å². The van der Waals surface area contributed by atoms with Crippen molar-refractivity contribution in [2.75, 3.05) is 6.54 Å². The molecule has 0 aliphatic heterocycles. The lowest BCUT2D eigenvalue weighted by Crippen LogP contribution is -2.17. The van der Waals surface area contributed by atoms with Gasteiger partial charge in [0.05, 0.1) is 8.81 Å². The average Bonchev–Trinajstić information content (AvgIpc) is 2.77. The molecule has 96 valence electrons. The van der Waals surface area contributed by atoms with Crippen molar-refractivity contribution in [3.8, 4) is 5.75 Å². The summed E-state index contributed by atoms with van der Waals surface area (Å²) < 4.78 is 6.97. The lowest BCUT2D eigenvalue weighted by molar-refractivity contribution is 0.218. The number of rotatable bonds is 4. The maximum Gasteiger partial charge on any atom is 0.145 e. The summed E-state index contributed by atoms with van der Waals surface area (Å²) in [7, 11) is 0. The van der Waals surface area contributed by atoms with Crippen molar-refractivity contribution in [2.45, 2.75) is 13.0 Å². The van der Waals surface area contributed by atoms with Crippen molar-refractivity contribution in [2.24, 2.45) is 5.73 Å². The third kappa shape index (κ3) is 3.26. The Morgan fingerprint density at radius 2 is 2.17 bits per heavy atom. The predicted molar refractivity (Wildman–Crippen MR) is 80.6 cm³/mol. The van der Waals surface area contributed by atoms with Gasteiger partial charge < -0.3 is 10.5 Å². The van der Waals surface area contributed by atoms with E-state index in [1.54, 1.807) is 11.3 Å². The number of hydrogen-bond donors (Lipinski definition) is 1. The Morgan fingerprint density at radius 3 is 2.78 bits per heavy atom. The molecular weight excluding hydrogens is 334 g/mol. The van der Waals surface area contributed by atoms with Gasteiger partial charge in [0.2, 0.25) is 0 Å². The van der Waals surface area contributed by atoms with E-state index in [1.807, 2.05) is 37.3 Å². The zero-order chi connectivity index (χ0) is 13.1. The molecule has 0 amide bonds. The van der Waals surface area contributed by atoms with Crippen LogP contribution >= 0.6 is 38.9 Å². The molecule has 2 rings (SSSR count). The highest BCUT2D eigenvalue weighted by atomic mass is 79.9. The largest absolute Gasteiger partial charge is 0.482 e. The molecule has 0 aliphatic rings. The minimum atomic E-state index is -0.166. The molecule has 2 aromatic rings. The number of nitrogens with two attached hydrogens (primary N) is 1. The van der Waals surface area contributed by atoms with E-state index in [0.717, 1.165) is 14.2 Å². The van der Waals surface area contributed by atoms with Gasteiger partial charge in [-0.2, -0.15) is 0 Å². The fourth-order valence-electron chi connectivity index (χ4n) is 1.58. The van der Waals surface area contributed by atoms with Gasteiger partial charge in [-0.3, -0.25) is 0 Å². The van der Waals surface area contributed by atoms with Crippen LogP contribution in [0.3, 0.4) is 0 Å². The van der Waals surface area contributed by atoms with Crippen LogP contribution < -0.4 is 10.5 Å². The number of benzene rings is 1. The van der Waals surface area contributed by atoms with Gasteiger partial charge in [-0.1, -0.05) is 17.7 Å². The van der Waals surface area contributed by atoms with Gasteiger partial charge in [0.15, 0.2) is 0 Å². The Bertz CT molecular complexity index is 544. The minimum Gasteiger partial charge on any atom is -0.482 e. The molecule has 0 saturated heterocycles. The number of halogens is 2. The second-order valence-corrected chi connectivity index (χ2v) is 6.82. The zero-order valence-corrected chi connectivity index (χ0v) is 13.0. The summed E-state index contributed by atoms with van der Waals surface area (Å²) in [5.74, 6) is 0.677. The Morgan fingerprint density at radius 1 is 1.39 bits per heavy atom. The molecule has 2 N–H and O–H groups in total. The Kier molecular flexibility index (Phi) is 4.67. The first kappa shape index (κ1) is 13.9. The molecule has 0 spiro atoms. The average molecular weight is 347 g/mol. The maximum atomic E-state index is 6.12. The second-order valence-electron chi connectivity index (χ2n) is 3.92. The van der Waals surface area contributed by atoms with Crippen molar-refractivity contribution in [3.63, 3.8) is 0 Å². The Labute approximate surface area is 124 Å². The summed E-state index contributed by atoms with van der Waals surface area (Å²) in [5, 5.41) is 0.606. The molecule has 1 unspecified atom stereocenters. The quantitative estimate of drug-likeness (QED) is 0.881. The summed E-state index contributed by atoms with van der Waals surface area (Å²) in [6.07, 6.45) is -0.166. The zero-order valence-electron chi connectivity index (χ0n) is 9.82. The Hall–Kier alpha value is -0.550. The Balaban J connectivity index is 2.22. The van der Waals surface area contributed by atoms with E-state index in [9.17, 15) is 0 Å². The molecule has 1 aromatic carbocycles. The first-order valence-electron chi connectivity index (χ1n) is 5.48. The second kappa shape index (κ2) is 6.06. The molecule has 5 heteroatoms. The van der Waals surface area contributed by atoms with E-state index in [-0.39, 0.29) is 6.10 Å². The topological polar surface area (TPSA) is 35.2 Å². The predicted octanol–water partition coefficient (Wildman–Crippen LogP) is 4.55. The molecule has 0 saturated carbocycles. The van der Waals surface area contributed by atoms with Gasteiger partial charge in [0, 0.05) is 11.4 Å². The summed E-state index contributed by atoms with van der Waals surface area (Å²) in [6, 6.07) is 9.71. The SMILES string of the molecule is Cc1ccc(Cl)c(OC(CN)c2ccc(Br)s2)c1. The van der Waals surface area contributed by atoms with E-state index in [2.05, 4.69) is 15.9 Å². The van der Waals surface area contributed by atoms with E-state index in [4.69, 9.17) is 22.1 Å². The lowest BCUT2D eigenvalue weighted by atomic mass is 10.2. The number of aryl methyl sites for hydroxylation is 1. The molecule has 0 radical (unpaired) electrons. The van der Waals surface area contributed by atoms with Crippen molar-refractivity contribution in [1.29, 1.82) is 0 Å². The fourth-order valence-corrected chi connectivity index (χ4v) is 3.21. The maximum absolute atomic E-state index is 6.12. The van der Waals surface area contributed by atoms with Gasteiger partial charge in [-0.25, -0.2) is 0 Å². The lowest BCUT2D eigenvalue weighted by Gasteiger charge is -2.17. The molecule has 18 heavy (non-hydrogen) atoms. The fraction of sp³-hybridized carbons (Fsp3) is 0.231. The highest BCUT2D eigenvalue weighted by molar-refractivity contribution is 9.11. The molecule has 0 bridgehead atoms. The summed E-state index contributed by atoms with van der Waals surface area (Å²) in [6.45, 7) is 2.42. The normalized spacial score (nSPS) is 12.4. The molecular formula is C13H13BrClNOS. The summed E-state index contributed by atoms with van der Waals surface area (Å²) in [5.41, 5.74) is 6.88. The number of hydrogen-bond acceptors (Lipinski definition) is 3. The molecule has 0 aliphatic carbocycles. The third-order valence-corrected chi connectivity index (χ3v) is 4.51. The molecule has 1 heterocycles. The molecule has 1 aromatic heterocycles. The molecule has 0 fully saturated rings. The van der Waals surface area contributed by atoms with Crippen LogP contribution in [0.15, 0.2) is 34.1 Å². The van der Waals surface area contributed by atoms with Crippen LogP contribution in [0, 0.1) is 6.92 Å². The van der Waals surface area contributed by atoms with Crippen LogP contribution in [0.4, 0.5) is 0 Å². The summed E-state index contributed by atoms with van der Waals surface area (Å²) in [4.78, 5) is 1.09. The highest BCUT2D eigenvalue weighted by Gasteiger charge is 2.15. The van der Waals surface area contributed by atoms with Crippen LogP contribution in [0.25, 0.3) is 0 Å². The monoisotopic (exact) mass is 345 g/mol. The van der Waals surface area contributed by atoms with Crippen LogP contribution in [0.2, 0.25) is 5.02 Å². The van der Waals surface area contributed by atoms with Crippen LogP contribution in [0.1, 0.15) is 16.5 Å². The molecule has 1 atom stereocenters. The minimum absolute atomic E-state index is 0.166. The third-order valence-electron chi connectivity index (χ3n) is 2.48. The van der Waals surface area contributed by atoms with Crippen molar-refractivity contribution >= 4 is 38.9 Å². The molecule has 2 nitrogen and oxygen atoms in total. The van der Waals surface area contributed by atoms with Crippen molar-refractivity contribution in [3.05, 3.63) is 49.6 Å². The standard InChI is InChI=1S/C13H13BrClNOS/c1-8-2-3-9(15)10(6-8)17-11(7-16)12-4-5-13(14)18-12/h2-6,11H,7,16H2,1H3. The van der Waals surface area contributed by atoms with Crippen molar-refractivity contribution in [1.82, 2.24) is 0 Å². The smallest absolute Gasteiger partial charge is 0.145 e. The van der Waals surface area contributed by atoms with E-state index in [1.165, 1.54) is 0 Å².